The van der Waals surface area contributed by atoms with Crippen LogP contribution >= 0.6 is 0 Å². The fourth-order valence-corrected chi connectivity index (χ4v) is 4.04. The lowest BCUT2D eigenvalue weighted by Crippen LogP contribution is -2.40. The van der Waals surface area contributed by atoms with Crippen LogP contribution in [0.25, 0.3) is 0 Å². The van der Waals surface area contributed by atoms with Gasteiger partial charge in [0, 0.05) is 49.7 Å². The minimum atomic E-state index is -0.0964. The van der Waals surface area contributed by atoms with Crippen molar-refractivity contribution in [2.24, 2.45) is 0 Å². The van der Waals surface area contributed by atoms with Gasteiger partial charge in [-0.1, -0.05) is 0 Å². The van der Waals surface area contributed by atoms with Crippen LogP contribution in [-0.4, -0.2) is 57.4 Å². The topological polar surface area (TPSA) is 71.5 Å². The summed E-state index contributed by atoms with van der Waals surface area (Å²) >= 11 is 0. The van der Waals surface area contributed by atoms with E-state index in [9.17, 15) is 4.79 Å². The Morgan fingerprint density at radius 3 is 3.04 bits per heavy atom. The van der Waals surface area contributed by atoms with E-state index < -0.39 is 0 Å². The van der Waals surface area contributed by atoms with Crippen molar-refractivity contribution in [2.75, 3.05) is 26.7 Å². The van der Waals surface area contributed by atoms with Crippen molar-refractivity contribution in [3.05, 3.63) is 47.2 Å². The maximum atomic E-state index is 13.4. The number of likely N-dealkylation sites (tertiary alicyclic amines) is 1. The van der Waals surface area contributed by atoms with E-state index in [0.717, 1.165) is 50.3 Å². The number of aromatic nitrogens is 3. The number of carbonyl (C=O) groups is 1. The molecule has 4 heterocycles. The Hall–Kier alpha value is -2.54. The van der Waals surface area contributed by atoms with Gasteiger partial charge in [0.1, 0.15) is 5.56 Å². The second kappa shape index (κ2) is 8.22. The first-order valence-corrected chi connectivity index (χ1v) is 10.1. The third-order valence-corrected chi connectivity index (χ3v) is 5.49. The molecule has 1 amide bonds. The van der Waals surface area contributed by atoms with Gasteiger partial charge in [-0.15, -0.1) is 0 Å². The molecule has 4 rings (SSSR count). The number of rotatable bonds is 4. The molecule has 148 valence electrons. The van der Waals surface area contributed by atoms with Crippen molar-refractivity contribution in [1.82, 2.24) is 24.8 Å². The van der Waals surface area contributed by atoms with Crippen LogP contribution in [0, 0.1) is 0 Å². The number of amides is 1. The maximum absolute atomic E-state index is 13.4. The molecule has 0 radical (unpaired) electrons. The second-order valence-electron chi connectivity index (χ2n) is 7.49. The maximum Gasteiger partial charge on any atom is 0.259 e. The molecule has 0 spiro atoms. The van der Waals surface area contributed by atoms with E-state index in [0.29, 0.717) is 24.6 Å². The summed E-state index contributed by atoms with van der Waals surface area (Å²) in [6.45, 7) is 4.96. The summed E-state index contributed by atoms with van der Waals surface area (Å²) in [5, 5.41) is 0. The van der Waals surface area contributed by atoms with Crippen LogP contribution < -0.4 is 4.74 Å². The van der Waals surface area contributed by atoms with E-state index in [-0.39, 0.29) is 11.9 Å². The highest BCUT2D eigenvalue weighted by atomic mass is 16.5. The monoisotopic (exact) mass is 381 g/mol. The largest absolute Gasteiger partial charge is 0.477 e. The Morgan fingerprint density at radius 2 is 2.18 bits per heavy atom. The van der Waals surface area contributed by atoms with Gasteiger partial charge >= 0.3 is 0 Å². The lowest BCUT2D eigenvalue weighted by molar-refractivity contribution is 0.0594. The lowest BCUT2D eigenvalue weighted by Gasteiger charge is -2.35. The Morgan fingerprint density at radius 1 is 1.29 bits per heavy atom. The zero-order valence-electron chi connectivity index (χ0n) is 16.6. The molecular formula is C21H27N5O2. The highest BCUT2D eigenvalue weighted by Gasteiger charge is 2.32. The number of ether oxygens (including phenoxy) is 1. The summed E-state index contributed by atoms with van der Waals surface area (Å²) in [6, 6.07) is 3.47. The number of pyridine rings is 1. The van der Waals surface area contributed by atoms with Crippen LogP contribution in [0.15, 0.2) is 24.5 Å². The smallest absolute Gasteiger partial charge is 0.259 e. The van der Waals surface area contributed by atoms with Crippen molar-refractivity contribution >= 4 is 5.91 Å². The molecule has 1 fully saturated rings. The number of nitrogens with zero attached hydrogens (tertiary/aromatic N) is 5. The number of likely N-dealkylation sites (N-methyl/N-ethyl adjacent to an activating group) is 1. The summed E-state index contributed by atoms with van der Waals surface area (Å²) in [7, 11) is 2.11. The summed E-state index contributed by atoms with van der Waals surface area (Å²) in [5.41, 5.74) is 2.82. The minimum absolute atomic E-state index is 0.0534. The van der Waals surface area contributed by atoms with Crippen molar-refractivity contribution in [2.45, 2.75) is 45.2 Å². The van der Waals surface area contributed by atoms with Gasteiger partial charge in [-0.3, -0.25) is 4.79 Å². The van der Waals surface area contributed by atoms with Gasteiger partial charge in [0.2, 0.25) is 5.88 Å². The van der Waals surface area contributed by atoms with E-state index in [2.05, 4.69) is 21.9 Å². The molecule has 0 bridgehead atoms. The van der Waals surface area contributed by atoms with Crippen molar-refractivity contribution < 1.29 is 9.53 Å². The molecule has 7 nitrogen and oxygen atoms in total. The minimum Gasteiger partial charge on any atom is -0.477 e. The Kier molecular flexibility index (Phi) is 5.52. The molecule has 1 saturated heterocycles. The van der Waals surface area contributed by atoms with E-state index in [1.807, 2.05) is 18.0 Å². The highest BCUT2D eigenvalue weighted by molar-refractivity contribution is 5.96. The van der Waals surface area contributed by atoms with E-state index in [1.54, 1.807) is 18.3 Å². The van der Waals surface area contributed by atoms with Gasteiger partial charge in [0.05, 0.1) is 12.6 Å². The summed E-state index contributed by atoms with van der Waals surface area (Å²) < 4.78 is 5.58. The lowest BCUT2D eigenvalue weighted by atomic mass is 9.99. The third-order valence-electron chi connectivity index (χ3n) is 5.49. The highest BCUT2D eigenvalue weighted by Crippen LogP contribution is 2.32. The van der Waals surface area contributed by atoms with Gasteiger partial charge in [-0.2, -0.15) is 0 Å². The standard InChI is InChI=1S/C21H27N5O2/c1-3-28-20-16(7-6-10-22-20)21(27)26-11-5-4-8-18(26)19-23-13-15-14-25(2)12-9-17(15)24-19/h6-7,10,13,18H,3-5,8-9,11-12,14H2,1-2H3. The van der Waals surface area contributed by atoms with Crippen molar-refractivity contribution in [1.29, 1.82) is 0 Å². The summed E-state index contributed by atoms with van der Waals surface area (Å²) in [5.74, 6) is 1.11. The zero-order chi connectivity index (χ0) is 19.5. The second-order valence-corrected chi connectivity index (χ2v) is 7.49. The molecule has 7 heteroatoms. The average molecular weight is 381 g/mol. The zero-order valence-corrected chi connectivity index (χ0v) is 16.6. The molecule has 0 aliphatic carbocycles. The van der Waals surface area contributed by atoms with Crippen LogP contribution in [0.4, 0.5) is 0 Å². The Labute approximate surface area is 165 Å². The first kappa shape index (κ1) is 18.8. The van der Waals surface area contributed by atoms with Crippen LogP contribution in [0.1, 0.15) is 59.7 Å². The summed E-state index contributed by atoms with van der Waals surface area (Å²) in [4.78, 5) is 31.3. The third kappa shape index (κ3) is 3.71. The van der Waals surface area contributed by atoms with E-state index in [4.69, 9.17) is 9.72 Å². The normalized spacial score (nSPS) is 19.9. The van der Waals surface area contributed by atoms with E-state index >= 15 is 0 Å². The molecule has 1 atom stereocenters. The molecular weight excluding hydrogens is 354 g/mol. The van der Waals surface area contributed by atoms with Gasteiger partial charge in [0.15, 0.2) is 5.82 Å². The SMILES string of the molecule is CCOc1ncccc1C(=O)N1CCCCC1c1ncc2c(n1)CCN(C)C2. The van der Waals surface area contributed by atoms with Crippen LogP contribution in [-0.2, 0) is 13.0 Å². The molecule has 0 N–H and O–H groups in total. The number of hydrogen-bond acceptors (Lipinski definition) is 6. The van der Waals surface area contributed by atoms with Crippen LogP contribution in [0.5, 0.6) is 5.88 Å². The first-order valence-electron chi connectivity index (χ1n) is 10.1. The number of carbonyl (C=O) groups excluding carboxylic acids is 1. The van der Waals surface area contributed by atoms with Crippen molar-refractivity contribution in [3.63, 3.8) is 0 Å². The predicted molar refractivity (Wildman–Crippen MR) is 105 cm³/mol. The molecule has 0 saturated carbocycles. The first-order chi connectivity index (χ1) is 13.7. The Balaban J connectivity index is 1.63. The molecule has 0 aromatic carbocycles. The molecule has 1 unspecified atom stereocenters. The van der Waals surface area contributed by atoms with E-state index in [1.165, 1.54) is 5.56 Å². The molecule has 2 aliphatic heterocycles. The summed E-state index contributed by atoms with van der Waals surface area (Å²) in [6.07, 6.45) is 7.47. The van der Waals surface area contributed by atoms with Crippen LogP contribution in [0.3, 0.4) is 0 Å². The van der Waals surface area contributed by atoms with Gasteiger partial charge < -0.3 is 14.5 Å². The van der Waals surface area contributed by atoms with Gasteiger partial charge in [0.25, 0.3) is 5.91 Å². The fraction of sp³-hybridized carbons (Fsp3) is 0.524. The molecule has 2 aromatic heterocycles. The molecule has 28 heavy (non-hydrogen) atoms. The Bertz CT molecular complexity index is 856. The van der Waals surface area contributed by atoms with Gasteiger partial charge in [-0.05, 0) is 45.4 Å². The quantitative estimate of drug-likeness (QED) is 0.811. The van der Waals surface area contributed by atoms with Crippen LogP contribution in [0.2, 0.25) is 0 Å². The predicted octanol–water partition coefficient (Wildman–Crippen LogP) is 2.63. The molecule has 2 aliphatic rings. The molecule has 2 aromatic rings. The number of hydrogen-bond donors (Lipinski definition) is 0. The van der Waals surface area contributed by atoms with Gasteiger partial charge in [-0.25, -0.2) is 15.0 Å². The number of piperidine rings is 1. The van der Waals surface area contributed by atoms with Crippen molar-refractivity contribution in [3.8, 4) is 5.88 Å². The average Bonchev–Trinajstić information content (AvgIpc) is 2.73. The fourth-order valence-electron chi connectivity index (χ4n) is 4.04. The number of fused-ring (bicyclic) bond motifs is 1.